The topological polar surface area (TPSA) is 69.4 Å². The van der Waals surface area contributed by atoms with Gasteiger partial charge in [-0.05, 0) is 25.7 Å². The van der Waals surface area contributed by atoms with Crippen LogP contribution in [0.4, 0.5) is 0 Å². The molecule has 0 saturated carbocycles. The fourth-order valence-electron chi connectivity index (χ4n) is 2.34. The summed E-state index contributed by atoms with van der Waals surface area (Å²) < 4.78 is 28.4. The van der Waals surface area contributed by atoms with Gasteiger partial charge in [0.2, 0.25) is 0 Å². The highest BCUT2D eigenvalue weighted by molar-refractivity contribution is 7.91. The Bertz CT molecular complexity index is 298. The molecule has 2 saturated heterocycles. The number of sulfone groups is 1. The lowest BCUT2D eigenvalue weighted by Crippen LogP contribution is -2.40. The van der Waals surface area contributed by atoms with Crippen LogP contribution >= 0.6 is 0 Å². The minimum atomic E-state index is -2.78. The molecule has 0 amide bonds. The van der Waals surface area contributed by atoms with E-state index in [1.807, 2.05) is 0 Å². The summed E-state index contributed by atoms with van der Waals surface area (Å²) in [6, 6.07) is 0. The summed E-state index contributed by atoms with van der Waals surface area (Å²) in [5, 5.41) is 0. The van der Waals surface area contributed by atoms with E-state index in [0.717, 1.165) is 12.8 Å². The molecule has 1 atom stereocenters. The number of hydrogen-bond acceptors (Lipinski definition) is 4. The van der Waals surface area contributed by atoms with E-state index in [-0.39, 0.29) is 23.2 Å². The van der Waals surface area contributed by atoms with Gasteiger partial charge in [0.05, 0.1) is 23.2 Å². The van der Waals surface area contributed by atoms with Gasteiger partial charge in [-0.2, -0.15) is 0 Å². The van der Waals surface area contributed by atoms with Gasteiger partial charge in [0.1, 0.15) is 0 Å². The van der Waals surface area contributed by atoms with E-state index in [4.69, 9.17) is 10.5 Å². The van der Waals surface area contributed by atoms with Crippen LogP contribution in [0.25, 0.3) is 0 Å². The highest BCUT2D eigenvalue weighted by Gasteiger charge is 2.43. The second-order valence-corrected chi connectivity index (χ2v) is 6.65. The van der Waals surface area contributed by atoms with Crippen molar-refractivity contribution >= 4 is 9.84 Å². The third-order valence-electron chi connectivity index (χ3n) is 3.34. The molecule has 4 nitrogen and oxygen atoms in total. The van der Waals surface area contributed by atoms with Crippen molar-refractivity contribution in [2.24, 2.45) is 5.73 Å². The average molecular weight is 219 g/mol. The molecule has 0 aromatic heterocycles. The van der Waals surface area contributed by atoms with E-state index in [0.29, 0.717) is 19.4 Å². The van der Waals surface area contributed by atoms with Crippen LogP contribution in [0, 0.1) is 0 Å². The van der Waals surface area contributed by atoms with Gasteiger partial charge in [-0.15, -0.1) is 0 Å². The van der Waals surface area contributed by atoms with Crippen LogP contribution in [-0.2, 0) is 14.6 Å². The van der Waals surface area contributed by atoms with Gasteiger partial charge in [0.25, 0.3) is 0 Å². The van der Waals surface area contributed by atoms with Gasteiger partial charge in [0, 0.05) is 6.54 Å². The number of ether oxygens (including phenoxy) is 1. The number of nitrogens with two attached hydrogens (primary N) is 1. The molecule has 0 unspecified atom stereocenters. The fraction of sp³-hybridized carbons (Fsp3) is 1.00. The molecule has 0 aliphatic carbocycles. The highest BCUT2D eigenvalue weighted by Crippen LogP contribution is 2.39. The predicted octanol–water partition coefficient (Wildman–Crippen LogP) is 0.0715. The van der Waals surface area contributed by atoms with Gasteiger partial charge in [-0.1, -0.05) is 0 Å². The molecular formula is C9H17NO3S. The molecule has 2 rings (SSSR count). The molecule has 82 valence electrons. The standard InChI is InChI=1S/C9H17NO3S/c10-7-8-1-2-9(13-8)3-5-14(11,12)6-4-9/h8H,1-7,10H2/t8-/m1/s1. The quantitative estimate of drug-likeness (QED) is 0.677. The van der Waals surface area contributed by atoms with E-state index in [9.17, 15) is 8.42 Å². The summed E-state index contributed by atoms with van der Waals surface area (Å²) in [5.41, 5.74) is 5.38. The maximum Gasteiger partial charge on any atom is 0.150 e. The lowest BCUT2D eigenvalue weighted by Gasteiger charge is -2.33. The summed E-state index contributed by atoms with van der Waals surface area (Å²) >= 11 is 0. The first-order chi connectivity index (χ1) is 6.55. The van der Waals surface area contributed by atoms with Crippen molar-refractivity contribution in [1.29, 1.82) is 0 Å². The summed E-state index contributed by atoms with van der Waals surface area (Å²) in [6.07, 6.45) is 3.43. The molecule has 2 aliphatic heterocycles. The minimum absolute atomic E-state index is 0.149. The predicted molar refractivity (Wildman–Crippen MR) is 53.8 cm³/mol. The Kier molecular flexibility index (Phi) is 2.57. The van der Waals surface area contributed by atoms with Gasteiger partial charge < -0.3 is 10.5 Å². The SMILES string of the molecule is NC[C@H]1CCC2(CCS(=O)(=O)CC2)O1. The van der Waals surface area contributed by atoms with Crippen molar-refractivity contribution in [3.63, 3.8) is 0 Å². The van der Waals surface area contributed by atoms with Gasteiger partial charge in [0.15, 0.2) is 9.84 Å². The Labute approximate surface area is 84.7 Å². The van der Waals surface area contributed by atoms with Crippen LogP contribution < -0.4 is 5.73 Å². The zero-order valence-corrected chi connectivity index (χ0v) is 9.05. The zero-order chi connectivity index (χ0) is 10.2. The summed E-state index contributed by atoms with van der Waals surface area (Å²) in [4.78, 5) is 0. The Balaban J connectivity index is 2.01. The van der Waals surface area contributed by atoms with Crippen LogP contribution in [0.5, 0.6) is 0 Å². The van der Waals surface area contributed by atoms with Crippen molar-refractivity contribution in [1.82, 2.24) is 0 Å². The zero-order valence-electron chi connectivity index (χ0n) is 8.24. The second-order valence-electron chi connectivity index (χ2n) is 4.35. The Hall–Kier alpha value is -0.130. The Morgan fingerprint density at radius 3 is 2.43 bits per heavy atom. The summed E-state index contributed by atoms with van der Waals surface area (Å²) in [6.45, 7) is 0.550. The molecule has 0 bridgehead atoms. The summed E-state index contributed by atoms with van der Waals surface area (Å²) in [5.74, 6) is 0.564. The maximum atomic E-state index is 11.3. The number of hydrogen-bond donors (Lipinski definition) is 1. The first-order valence-electron chi connectivity index (χ1n) is 5.14. The normalized spacial score (nSPS) is 34.8. The van der Waals surface area contributed by atoms with E-state index in [1.54, 1.807) is 0 Å². The van der Waals surface area contributed by atoms with Gasteiger partial charge in [-0.3, -0.25) is 0 Å². The Morgan fingerprint density at radius 1 is 1.29 bits per heavy atom. The van der Waals surface area contributed by atoms with Crippen molar-refractivity contribution in [2.45, 2.75) is 37.4 Å². The lowest BCUT2D eigenvalue weighted by atomic mass is 9.93. The molecule has 2 N–H and O–H groups in total. The van der Waals surface area contributed by atoms with Gasteiger partial charge >= 0.3 is 0 Å². The number of rotatable bonds is 1. The molecular weight excluding hydrogens is 202 g/mol. The first kappa shape index (κ1) is 10.4. The van der Waals surface area contributed by atoms with Crippen molar-refractivity contribution < 1.29 is 13.2 Å². The Morgan fingerprint density at radius 2 is 1.93 bits per heavy atom. The molecule has 2 aliphatic rings. The molecule has 2 heterocycles. The minimum Gasteiger partial charge on any atom is -0.370 e. The van der Waals surface area contributed by atoms with Crippen LogP contribution in [0.1, 0.15) is 25.7 Å². The van der Waals surface area contributed by atoms with E-state index >= 15 is 0 Å². The third kappa shape index (κ3) is 1.94. The van der Waals surface area contributed by atoms with Crippen LogP contribution in [-0.4, -0.2) is 38.2 Å². The molecule has 14 heavy (non-hydrogen) atoms. The van der Waals surface area contributed by atoms with Crippen LogP contribution in [0.2, 0.25) is 0 Å². The smallest absolute Gasteiger partial charge is 0.150 e. The third-order valence-corrected chi connectivity index (χ3v) is 4.99. The van der Waals surface area contributed by atoms with Crippen molar-refractivity contribution in [3.05, 3.63) is 0 Å². The highest BCUT2D eigenvalue weighted by atomic mass is 32.2. The van der Waals surface area contributed by atoms with Crippen molar-refractivity contribution in [2.75, 3.05) is 18.1 Å². The summed E-state index contributed by atoms with van der Waals surface area (Å²) in [7, 11) is -2.78. The average Bonchev–Trinajstić information content (AvgIpc) is 2.56. The van der Waals surface area contributed by atoms with Crippen LogP contribution in [0.3, 0.4) is 0 Å². The van der Waals surface area contributed by atoms with Crippen LogP contribution in [0.15, 0.2) is 0 Å². The van der Waals surface area contributed by atoms with E-state index < -0.39 is 9.84 Å². The second kappa shape index (κ2) is 3.47. The van der Waals surface area contributed by atoms with E-state index in [1.165, 1.54) is 0 Å². The van der Waals surface area contributed by atoms with E-state index in [2.05, 4.69) is 0 Å². The monoisotopic (exact) mass is 219 g/mol. The molecule has 0 aromatic carbocycles. The lowest BCUT2D eigenvalue weighted by molar-refractivity contribution is -0.0434. The first-order valence-corrected chi connectivity index (χ1v) is 6.96. The molecule has 5 heteroatoms. The maximum absolute atomic E-state index is 11.3. The molecule has 0 radical (unpaired) electrons. The molecule has 1 spiro atoms. The van der Waals surface area contributed by atoms with Gasteiger partial charge in [-0.25, -0.2) is 8.42 Å². The molecule has 2 fully saturated rings. The fourth-order valence-corrected chi connectivity index (χ4v) is 3.91. The molecule has 0 aromatic rings. The van der Waals surface area contributed by atoms with Crippen molar-refractivity contribution in [3.8, 4) is 0 Å². The largest absolute Gasteiger partial charge is 0.370 e.